The first-order valence-corrected chi connectivity index (χ1v) is 12.9. The van der Waals surface area contributed by atoms with Crippen LogP contribution in [0.5, 0.6) is 0 Å². The van der Waals surface area contributed by atoms with Gasteiger partial charge in [0.15, 0.2) is 0 Å². The van der Waals surface area contributed by atoms with Crippen molar-refractivity contribution in [3.05, 3.63) is 35.4 Å². The molecule has 0 N–H and O–H groups in total. The summed E-state index contributed by atoms with van der Waals surface area (Å²) in [7, 11) is 0. The lowest BCUT2D eigenvalue weighted by atomic mass is 10.0. The topological polar surface area (TPSA) is 52.6 Å². The average molecular weight is 447 g/mol. The summed E-state index contributed by atoms with van der Waals surface area (Å²) in [4.78, 5) is 25.3. The number of carbonyl (C=O) groups excluding carboxylic acids is 2. The number of hydrogen-bond donors (Lipinski definition) is 0. The third kappa shape index (κ3) is 12.3. The van der Waals surface area contributed by atoms with E-state index in [9.17, 15) is 9.59 Å². The molecule has 0 amide bonds. The molecule has 0 spiro atoms. The summed E-state index contributed by atoms with van der Waals surface area (Å²) in [6.45, 7) is 9.40. The van der Waals surface area contributed by atoms with Crippen LogP contribution in [0.3, 0.4) is 0 Å². The predicted molar refractivity (Wildman–Crippen MR) is 132 cm³/mol. The van der Waals surface area contributed by atoms with Crippen LogP contribution in [-0.2, 0) is 9.47 Å². The van der Waals surface area contributed by atoms with E-state index in [1.807, 2.05) is 0 Å². The highest BCUT2D eigenvalue weighted by atomic mass is 16.5. The molecule has 1 rings (SSSR count). The highest BCUT2D eigenvalue weighted by molar-refractivity contribution is 6.03. The second kappa shape index (κ2) is 17.7. The van der Waals surface area contributed by atoms with Crippen molar-refractivity contribution in [2.24, 2.45) is 11.8 Å². The van der Waals surface area contributed by atoms with E-state index in [2.05, 4.69) is 27.7 Å². The van der Waals surface area contributed by atoms with E-state index in [1.54, 1.807) is 24.3 Å². The van der Waals surface area contributed by atoms with E-state index in [4.69, 9.17) is 9.47 Å². The number of hydrogen-bond acceptors (Lipinski definition) is 4. The molecule has 0 aliphatic heterocycles. The molecule has 32 heavy (non-hydrogen) atoms. The fraction of sp³-hybridized carbons (Fsp3) is 0.714. The molecule has 0 aliphatic carbocycles. The first-order valence-electron chi connectivity index (χ1n) is 12.9. The third-order valence-electron chi connectivity index (χ3n) is 5.97. The molecule has 0 fully saturated rings. The van der Waals surface area contributed by atoms with Crippen LogP contribution in [0, 0.1) is 11.8 Å². The van der Waals surface area contributed by atoms with Crippen LogP contribution in [0.1, 0.15) is 125 Å². The van der Waals surface area contributed by atoms with Crippen molar-refractivity contribution in [3.8, 4) is 0 Å². The summed E-state index contributed by atoms with van der Waals surface area (Å²) in [5, 5.41) is 0. The zero-order chi connectivity index (χ0) is 23.6. The molecule has 0 aromatic heterocycles. The highest BCUT2D eigenvalue weighted by Crippen LogP contribution is 2.17. The number of ether oxygens (including phenoxy) is 2. The van der Waals surface area contributed by atoms with Crippen LogP contribution in [0.15, 0.2) is 24.3 Å². The van der Waals surface area contributed by atoms with Crippen molar-refractivity contribution in [3.63, 3.8) is 0 Å². The average Bonchev–Trinajstić information content (AvgIpc) is 2.80. The van der Waals surface area contributed by atoms with Gasteiger partial charge in [0.25, 0.3) is 0 Å². The van der Waals surface area contributed by atoms with Crippen LogP contribution in [0.25, 0.3) is 0 Å². The monoisotopic (exact) mass is 446 g/mol. The van der Waals surface area contributed by atoms with Crippen molar-refractivity contribution in [1.82, 2.24) is 0 Å². The largest absolute Gasteiger partial charge is 0.462 e. The van der Waals surface area contributed by atoms with Gasteiger partial charge in [-0.15, -0.1) is 0 Å². The molecule has 0 heterocycles. The summed E-state index contributed by atoms with van der Waals surface area (Å²) in [5.74, 6) is -0.255. The van der Waals surface area contributed by atoms with Gasteiger partial charge >= 0.3 is 11.9 Å². The van der Waals surface area contributed by atoms with Crippen molar-refractivity contribution >= 4 is 11.9 Å². The Morgan fingerprint density at radius 2 is 1.03 bits per heavy atom. The van der Waals surface area contributed by atoms with E-state index >= 15 is 0 Å². The minimum atomic E-state index is -0.445. The number of unbranched alkanes of at least 4 members (excludes halogenated alkanes) is 8. The molecular formula is C28H46O4. The molecular weight excluding hydrogens is 400 g/mol. The molecule has 182 valence electrons. The van der Waals surface area contributed by atoms with Gasteiger partial charge < -0.3 is 9.47 Å². The minimum absolute atomic E-state index is 0.292. The molecule has 4 heteroatoms. The lowest BCUT2D eigenvalue weighted by Crippen LogP contribution is -2.18. The van der Waals surface area contributed by atoms with Gasteiger partial charge in [-0.05, 0) is 36.8 Å². The van der Waals surface area contributed by atoms with E-state index in [-0.39, 0.29) is 0 Å². The Labute approximate surface area is 196 Å². The van der Waals surface area contributed by atoms with Gasteiger partial charge in [-0.2, -0.15) is 0 Å². The van der Waals surface area contributed by atoms with Gasteiger partial charge in [-0.1, -0.05) is 104 Å². The van der Waals surface area contributed by atoms with Crippen molar-refractivity contribution in [2.75, 3.05) is 13.2 Å². The Morgan fingerprint density at radius 3 is 1.41 bits per heavy atom. The third-order valence-corrected chi connectivity index (χ3v) is 5.97. The second-order valence-electron chi connectivity index (χ2n) is 9.36. The maximum atomic E-state index is 12.6. The number of rotatable bonds is 18. The number of benzene rings is 1. The highest BCUT2D eigenvalue weighted by Gasteiger charge is 2.20. The van der Waals surface area contributed by atoms with Gasteiger partial charge in [0.2, 0.25) is 0 Å². The first kappa shape index (κ1) is 28.2. The normalized spacial score (nSPS) is 12.9. The molecule has 0 saturated carbocycles. The van der Waals surface area contributed by atoms with Gasteiger partial charge in [0.05, 0.1) is 24.3 Å². The maximum Gasteiger partial charge on any atom is 0.339 e. The fourth-order valence-corrected chi connectivity index (χ4v) is 3.79. The summed E-state index contributed by atoms with van der Waals surface area (Å²) in [5.41, 5.74) is 0.583. The van der Waals surface area contributed by atoms with Crippen molar-refractivity contribution in [1.29, 1.82) is 0 Å². The molecule has 2 atom stereocenters. The van der Waals surface area contributed by atoms with Gasteiger partial charge in [0, 0.05) is 0 Å². The van der Waals surface area contributed by atoms with E-state index in [0.717, 1.165) is 12.8 Å². The summed E-state index contributed by atoms with van der Waals surface area (Å²) in [6, 6.07) is 6.80. The Morgan fingerprint density at radius 1 is 0.656 bits per heavy atom. The zero-order valence-electron chi connectivity index (χ0n) is 21.0. The van der Waals surface area contributed by atoms with Crippen LogP contribution in [0.2, 0.25) is 0 Å². The molecule has 2 unspecified atom stereocenters. The SMILES string of the molecule is CCCCCCCC(C)COC(=O)c1ccccc1C(=O)OCC(C)CCCCCCC. The second-order valence-corrected chi connectivity index (χ2v) is 9.36. The fourth-order valence-electron chi connectivity index (χ4n) is 3.79. The predicted octanol–water partition coefficient (Wildman–Crippen LogP) is 7.99. The number of esters is 2. The smallest absolute Gasteiger partial charge is 0.339 e. The Balaban J connectivity index is 2.44. The lowest BCUT2D eigenvalue weighted by Gasteiger charge is -2.15. The zero-order valence-corrected chi connectivity index (χ0v) is 21.0. The van der Waals surface area contributed by atoms with Gasteiger partial charge in [-0.3, -0.25) is 0 Å². The summed E-state index contributed by atoms with van der Waals surface area (Å²) >= 11 is 0. The molecule has 0 bridgehead atoms. The minimum Gasteiger partial charge on any atom is -0.462 e. The van der Waals surface area contributed by atoms with Gasteiger partial charge in [-0.25, -0.2) is 9.59 Å². The molecule has 0 radical (unpaired) electrons. The van der Waals surface area contributed by atoms with E-state index in [0.29, 0.717) is 36.2 Å². The molecule has 4 nitrogen and oxygen atoms in total. The summed E-state index contributed by atoms with van der Waals surface area (Å²) in [6.07, 6.45) is 14.5. The van der Waals surface area contributed by atoms with Crippen LogP contribution >= 0.6 is 0 Å². The van der Waals surface area contributed by atoms with Crippen molar-refractivity contribution in [2.45, 2.75) is 105 Å². The van der Waals surface area contributed by atoms with Crippen molar-refractivity contribution < 1.29 is 19.1 Å². The molecule has 1 aromatic carbocycles. The summed E-state index contributed by atoms with van der Waals surface area (Å²) < 4.78 is 11.0. The van der Waals surface area contributed by atoms with Crippen LogP contribution < -0.4 is 0 Å². The molecule has 1 aromatic rings. The quantitative estimate of drug-likeness (QED) is 0.169. The van der Waals surface area contributed by atoms with Crippen LogP contribution in [-0.4, -0.2) is 25.2 Å². The first-order chi connectivity index (χ1) is 15.5. The van der Waals surface area contributed by atoms with E-state index in [1.165, 1.54) is 64.2 Å². The Hall–Kier alpha value is -1.84. The standard InChI is InChI=1S/C28H46O4/c1-5-7-9-11-13-17-23(3)21-31-27(29)25-19-15-16-20-26(25)28(30)32-22-24(4)18-14-12-10-8-6-2/h15-16,19-20,23-24H,5-14,17-18,21-22H2,1-4H3. The Bertz CT molecular complexity index is 585. The number of carbonyl (C=O) groups is 2. The molecule has 0 aliphatic rings. The van der Waals surface area contributed by atoms with Crippen LogP contribution in [0.4, 0.5) is 0 Å². The lowest BCUT2D eigenvalue weighted by molar-refractivity contribution is 0.0396. The maximum absolute atomic E-state index is 12.6. The van der Waals surface area contributed by atoms with Gasteiger partial charge in [0.1, 0.15) is 0 Å². The van der Waals surface area contributed by atoms with E-state index < -0.39 is 11.9 Å². The molecule has 0 saturated heterocycles. The Kier molecular flexibility index (Phi) is 15.6.